The molecular weight excluding hydrogens is 276 g/mol. The topological polar surface area (TPSA) is 62.6 Å². The molecule has 1 rings (SSSR count). The predicted molar refractivity (Wildman–Crippen MR) is 81.1 cm³/mol. The Morgan fingerprint density at radius 1 is 1.35 bits per heavy atom. The maximum atomic E-state index is 12.1. The monoisotopic (exact) mass is 302 g/mol. The lowest BCUT2D eigenvalue weighted by atomic mass is 10.3. The minimum atomic E-state index is -3.19. The van der Waals surface area contributed by atoms with E-state index in [0.717, 1.165) is 24.3 Å². The molecule has 0 radical (unpaired) electrons. The molecule has 6 heteroatoms. The van der Waals surface area contributed by atoms with Gasteiger partial charge in [0, 0.05) is 25.2 Å². The zero-order valence-corrected chi connectivity index (χ0v) is 13.7. The Kier molecular flexibility index (Phi) is 6.71. The summed E-state index contributed by atoms with van der Waals surface area (Å²) in [6.45, 7) is 7.23. The molecule has 0 aliphatic carbocycles. The molecule has 0 amide bonds. The molecule has 1 heterocycles. The summed E-state index contributed by atoms with van der Waals surface area (Å²) in [6.07, 6.45) is 3.13. The molecule has 1 aromatic rings. The smallest absolute Gasteiger partial charge is 0.214 e. The van der Waals surface area contributed by atoms with Crippen LogP contribution in [0.4, 0.5) is 0 Å². The van der Waals surface area contributed by atoms with Crippen LogP contribution in [0.3, 0.4) is 0 Å². The highest BCUT2D eigenvalue weighted by Crippen LogP contribution is 2.14. The van der Waals surface area contributed by atoms with Crippen LogP contribution in [0.1, 0.15) is 38.0 Å². The van der Waals surface area contributed by atoms with Gasteiger partial charge in [0.05, 0.1) is 12.0 Å². The van der Waals surface area contributed by atoms with E-state index in [1.54, 1.807) is 13.3 Å². The van der Waals surface area contributed by atoms with E-state index in [-0.39, 0.29) is 5.75 Å². The summed E-state index contributed by atoms with van der Waals surface area (Å²) in [6, 6.07) is 2.26. The number of sulfonamides is 1. The lowest BCUT2D eigenvalue weighted by molar-refractivity contribution is 0.456. The Balaban J connectivity index is 2.38. The molecule has 0 spiro atoms. The second-order valence-electron chi connectivity index (χ2n) is 5.39. The molecule has 1 aromatic heterocycles. The molecule has 0 aliphatic rings. The maximum absolute atomic E-state index is 12.1. The van der Waals surface area contributed by atoms with Crippen molar-refractivity contribution in [2.45, 2.75) is 46.2 Å². The molecule has 116 valence electrons. The van der Waals surface area contributed by atoms with Crippen LogP contribution in [0.2, 0.25) is 0 Å². The Hall–Kier alpha value is -0.850. The summed E-state index contributed by atoms with van der Waals surface area (Å²) >= 11 is 0. The molecule has 0 saturated heterocycles. The van der Waals surface area contributed by atoms with Crippen LogP contribution in [0, 0.1) is 6.92 Å². The Labute approximate surface area is 122 Å². The second kappa shape index (κ2) is 7.81. The van der Waals surface area contributed by atoms with Crippen LogP contribution in [0.15, 0.2) is 16.7 Å². The third-order valence-corrected chi connectivity index (χ3v) is 5.10. The lowest BCUT2D eigenvalue weighted by Gasteiger charge is -2.17. The fourth-order valence-corrected chi connectivity index (χ4v) is 3.09. The van der Waals surface area contributed by atoms with Gasteiger partial charge in [0.2, 0.25) is 10.0 Å². The van der Waals surface area contributed by atoms with Crippen molar-refractivity contribution in [1.82, 2.24) is 9.62 Å². The number of unbranched alkanes of at least 4 members (excludes halogenated alkanes) is 1. The Bertz CT molecular complexity index is 494. The molecule has 1 N–H and O–H groups in total. The molecular formula is C14H26N2O3S. The summed E-state index contributed by atoms with van der Waals surface area (Å²) < 4.78 is 30.9. The molecule has 0 saturated carbocycles. The number of rotatable bonds is 9. The van der Waals surface area contributed by atoms with Gasteiger partial charge in [0.25, 0.3) is 0 Å². The predicted octanol–water partition coefficient (Wildman–Crippen LogP) is 2.13. The van der Waals surface area contributed by atoms with Gasteiger partial charge >= 0.3 is 0 Å². The number of hydrogen-bond acceptors (Lipinski definition) is 4. The Morgan fingerprint density at radius 3 is 2.60 bits per heavy atom. The molecule has 20 heavy (non-hydrogen) atoms. The zero-order chi connectivity index (χ0) is 15.2. The van der Waals surface area contributed by atoms with Crippen LogP contribution >= 0.6 is 0 Å². The van der Waals surface area contributed by atoms with Crippen LogP contribution in [0.25, 0.3) is 0 Å². The van der Waals surface area contributed by atoms with E-state index in [9.17, 15) is 8.42 Å². The standard InChI is InChI=1S/C14H26N2O3S/c1-12(2)15-8-5-6-10-20(17,18)16(4)11-14-7-9-19-13(14)3/h7,9,12,15H,5-6,8,10-11H2,1-4H3. The average molecular weight is 302 g/mol. The SMILES string of the molecule is Cc1occc1CN(C)S(=O)(=O)CCCCNC(C)C. The lowest BCUT2D eigenvalue weighted by Crippen LogP contribution is -2.29. The fraction of sp³-hybridized carbons (Fsp3) is 0.714. The summed E-state index contributed by atoms with van der Waals surface area (Å²) in [4.78, 5) is 0. The molecule has 0 aliphatic heterocycles. The van der Waals surface area contributed by atoms with Crippen LogP contribution in [-0.4, -0.2) is 38.1 Å². The number of aryl methyl sites for hydroxylation is 1. The van der Waals surface area contributed by atoms with E-state index < -0.39 is 10.0 Å². The highest BCUT2D eigenvalue weighted by Gasteiger charge is 2.18. The minimum absolute atomic E-state index is 0.195. The van der Waals surface area contributed by atoms with E-state index in [0.29, 0.717) is 19.0 Å². The summed E-state index contributed by atoms with van der Waals surface area (Å²) in [5.41, 5.74) is 0.914. The van der Waals surface area contributed by atoms with Crippen LogP contribution in [0.5, 0.6) is 0 Å². The third kappa shape index (κ3) is 5.64. The highest BCUT2D eigenvalue weighted by atomic mass is 32.2. The number of hydrogen-bond donors (Lipinski definition) is 1. The van der Waals surface area contributed by atoms with Crippen molar-refractivity contribution in [1.29, 1.82) is 0 Å². The van der Waals surface area contributed by atoms with E-state index in [2.05, 4.69) is 19.2 Å². The first-order valence-corrected chi connectivity index (χ1v) is 8.64. The summed E-state index contributed by atoms with van der Waals surface area (Å²) in [5, 5.41) is 3.28. The van der Waals surface area contributed by atoms with E-state index in [1.807, 2.05) is 13.0 Å². The van der Waals surface area contributed by atoms with E-state index in [4.69, 9.17) is 4.42 Å². The van der Waals surface area contributed by atoms with Crippen molar-refractivity contribution < 1.29 is 12.8 Å². The number of nitrogens with one attached hydrogen (secondary N) is 1. The number of nitrogens with zero attached hydrogens (tertiary/aromatic N) is 1. The maximum Gasteiger partial charge on any atom is 0.214 e. The van der Waals surface area contributed by atoms with Crippen molar-refractivity contribution in [3.05, 3.63) is 23.7 Å². The van der Waals surface area contributed by atoms with Crippen molar-refractivity contribution in [2.75, 3.05) is 19.3 Å². The quantitative estimate of drug-likeness (QED) is 0.710. The van der Waals surface area contributed by atoms with Gasteiger partial charge < -0.3 is 9.73 Å². The van der Waals surface area contributed by atoms with Gasteiger partial charge in [0.15, 0.2) is 0 Å². The van der Waals surface area contributed by atoms with Gasteiger partial charge in [-0.15, -0.1) is 0 Å². The minimum Gasteiger partial charge on any atom is -0.469 e. The van der Waals surface area contributed by atoms with Crippen LogP contribution < -0.4 is 5.32 Å². The van der Waals surface area contributed by atoms with Gasteiger partial charge in [-0.1, -0.05) is 13.8 Å². The third-order valence-electron chi connectivity index (χ3n) is 3.22. The first-order chi connectivity index (χ1) is 9.33. The van der Waals surface area contributed by atoms with E-state index >= 15 is 0 Å². The largest absolute Gasteiger partial charge is 0.469 e. The summed E-state index contributed by atoms with van der Waals surface area (Å²) in [5.74, 6) is 0.966. The second-order valence-corrected chi connectivity index (χ2v) is 7.59. The highest BCUT2D eigenvalue weighted by molar-refractivity contribution is 7.89. The molecule has 0 atom stereocenters. The molecule has 5 nitrogen and oxygen atoms in total. The van der Waals surface area contributed by atoms with Gasteiger partial charge in [-0.25, -0.2) is 12.7 Å². The van der Waals surface area contributed by atoms with Gasteiger partial charge in [-0.2, -0.15) is 0 Å². The Morgan fingerprint density at radius 2 is 2.05 bits per heavy atom. The van der Waals surface area contributed by atoms with Crippen molar-refractivity contribution in [3.63, 3.8) is 0 Å². The first-order valence-electron chi connectivity index (χ1n) is 7.03. The van der Waals surface area contributed by atoms with Gasteiger partial charge in [0.1, 0.15) is 5.76 Å². The van der Waals surface area contributed by atoms with Gasteiger partial charge in [-0.05, 0) is 32.4 Å². The van der Waals surface area contributed by atoms with E-state index in [1.165, 1.54) is 4.31 Å². The average Bonchev–Trinajstić information content (AvgIpc) is 2.74. The zero-order valence-electron chi connectivity index (χ0n) is 12.8. The number of furan rings is 1. The molecule has 0 fully saturated rings. The molecule has 0 bridgehead atoms. The normalized spacial score (nSPS) is 12.5. The summed E-state index contributed by atoms with van der Waals surface area (Å²) in [7, 11) is -1.57. The molecule has 0 aromatic carbocycles. The van der Waals surface area contributed by atoms with Gasteiger partial charge in [-0.3, -0.25) is 0 Å². The van der Waals surface area contributed by atoms with Crippen molar-refractivity contribution in [3.8, 4) is 0 Å². The fourth-order valence-electron chi connectivity index (χ4n) is 1.87. The van der Waals surface area contributed by atoms with Crippen molar-refractivity contribution >= 4 is 10.0 Å². The van der Waals surface area contributed by atoms with Crippen molar-refractivity contribution in [2.24, 2.45) is 0 Å². The molecule has 0 unspecified atom stereocenters. The van der Waals surface area contributed by atoms with Crippen LogP contribution in [-0.2, 0) is 16.6 Å². The first kappa shape index (κ1) is 17.2.